The average Bonchev–Trinajstić information content (AvgIpc) is 3.11. The minimum Gasteiger partial charge on any atom is -0.319 e. The largest absolute Gasteiger partial charge is 0.319 e. The third-order valence-corrected chi connectivity index (χ3v) is 6.73. The lowest BCUT2D eigenvalue weighted by molar-refractivity contribution is 0.322. The van der Waals surface area contributed by atoms with Crippen LogP contribution in [0.15, 0.2) is 90.6 Å². The number of hydrogen-bond acceptors (Lipinski definition) is 2. The average molecular weight is 413 g/mol. The Morgan fingerprint density at radius 3 is 2.52 bits per heavy atom. The summed E-state index contributed by atoms with van der Waals surface area (Å²) < 4.78 is 0. The molecule has 0 bridgehead atoms. The summed E-state index contributed by atoms with van der Waals surface area (Å²) in [6.45, 7) is 4.60. The van der Waals surface area contributed by atoms with Crippen molar-refractivity contribution >= 4 is 0 Å². The van der Waals surface area contributed by atoms with Gasteiger partial charge in [-0.15, -0.1) is 0 Å². The molecule has 0 spiro atoms. The lowest BCUT2D eigenvalue weighted by Crippen LogP contribution is -2.25. The van der Waals surface area contributed by atoms with Gasteiger partial charge >= 0.3 is 0 Å². The number of rotatable bonds is 9. The van der Waals surface area contributed by atoms with Crippen molar-refractivity contribution in [1.29, 1.82) is 0 Å². The van der Waals surface area contributed by atoms with Crippen molar-refractivity contribution in [3.05, 3.63) is 107 Å². The van der Waals surface area contributed by atoms with Crippen molar-refractivity contribution < 1.29 is 0 Å². The Kier molecular flexibility index (Phi) is 7.93. The molecule has 0 aromatic heterocycles. The molecule has 1 saturated heterocycles. The molecule has 31 heavy (non-hydrogen) atoms. The van der Waals surface area contributed by atoms with Crippen LogP contribution in [0.25, 0.3) is 0 Å². The summed E-state index contributed by atoms with van der Waals surface area (Å²) in [7, 11) is 2.01. The summed E-state index contributed by atoms with van der Waals surface area (Å²) in [5.41, 5.74) is 5.82. The van der Waals surface area contributed by atoms with Gasteiger partial charge in [0.25, 0.3) is 0 Å². The van der Waals surface area contributed by atoms with E-state index >= 15 is 0 Å². The molecule has 0 amide bonds. The van der Waals surface area contributed by atoms with Gasteiger partial charge in [0.1, 0.15) is 0 Å². The molecule has 162 valence electrons. The van der Waals surface area contributed by atoms with Crippen molar-refractivity contribution in [3.63, 3.8) is 0 Å². The second-order valence-electron chi connectivity index (χ2n) is 8.88. The first-order valence-corrected chi connectivity index (χ1v) is 11.9. The van der Waals surface area contributed by atoms with E-state index in [1.54, 1.807) is 0 Å². The number of likely N-dealkylation sites (tertiary alicyclic amines) is 1. The van der Waals surface area contributed by atoms with Gasteiger partial charge < -0.3 is 10.2 Å². The Labute approximate surface area is 188 Å². The molecule has 4 rings (SSSR count). The second kappa shape index (κ2) is 11.3. The molecule has 2 aromatic rings. The van der Waals surface area contributed by atoms with E-state index in [1.165, 1.54) is 41.8 Å². The SMILES string of the molecule is CNCCc1ccc(CCN2CCC(C(C3=CCC=CC=C3)c3ccccc3)C2)cc1. The first-order chi connectivity index (χ1) is 15.3. The zero-order chi connectivity index (χ0) is 21.3. The zero-order valence-electron chi connectivity index (χ0n) is 18.8. The number of likely N-dealkylation sites (N-methyl/N-ethyl adjacent to an activating group) is 1. The van der Waals surface area contributed by atoms with Crippen molar-refractivity contribution in [2.75, 3.05) is 33.2 Å². The summed E-state index contributed by atoms with van der Waals surface area (Å²) in [5, 5.41) is 3.23. The number of nitrogens with zero attached hydrogens (tertiary/aromatic N) is 1. The van der Waals surface area contributed by atoms with Crippen LogP contribution in [-0.2, 0) is 12.8 Å². The maximum Gasteiger partial charge on any atom is 0.0127 e. The van der Waals surface area contributed by atoms with Gasteiger partial charge in [-0.1, -0.05) is 85.0 Å². The first-order valence-electron chi connectivity index (χ1n) is 11.9. The fourth-order valence-corrected chi connectivity index (χ4v) is 4.99. The minimum atomic E-state index is 0.494. The normalized spacial score (nSPS) is 19.9. The van der Waals surface area contributed by atoms with Crippen LogP contribution in [0.1, 0.15) is 35.4 Å². The van der Waals surface area contributed by atoms with Crippen LogP contribution < -0.4 is 5.32 Å². The fraction of sp³-hybridized carbons (Fsp3) is 0.379. The molecule has 2 atom stereocenters. The van der Waals surface area contributed by atoms with Crippen molar-refractivity contribution in [2.45, 2.75) is 31.6 Å². The van der Waals surface area contributed by atoms with Crippen molar-refractivity contribution in [2.24, 2.45) is 5.92 Å². The summed E-state index contributed by atoms with van der Waals surface area (Å²) in [6.07, 6.45) is 15.9. The molecule has 1 fully saturated rings. The molecule has 2 aromatic carbocycles. The molecule has 2 unspecified atom stereocenters. The maximum absolute atomic E-state index is 3.23. The van der Waals surface area contributed by atoms with E-state index in [0.717, 1.165) is 32.4 Å². The third-order valence-electron chi connectivity index (χ3n) is 6.73. The highest BCUT2D eigenvalue weighted by Crippen LogP contribution is 2.38. The number of benzene rings is 2. The van der Waals surface area contributed by atoms with E-state index < -0.39 is 0 Å². The standard InChI is InChI=1S/C29H36N2/c1-30-20-17-24-13-15-25(16-14-24)18-21-31-22-19-28(23-31)29(27-11-7-4-8-12-27)26-9-5-2-3-6-10-26/h2-5,7-16,28-30H,6,17-23H2,1H3. The molecule has 0 radical (unpaired) electrons. The lowest BCUT2D eigenvalue weighted by atomic mass is 9.79. The Morgan fingerprint density at radius 2 is 1.74 bits per heavy atom. The number of allylic oxidation sites excluding steroid dienone is 6. The molecule has 1 aliphatic carbocycles. The van der Waals surface area contributed by atoms with E-state index in [4.69, 9.17) is 0 Å². The molecule has 1 N–H and O–H groups in total. The lowest BCUT2D eigenvalue weighted by Gasteiger charge is -2.26. The quantitative estimate of drug-likeness (QED) is 0.582. The second-order valence-corrected chi connectivity index (χ2v) is 8.88. The molecular weight excluding hydrogens is 376 g/mol. The maximum atomic E-state index is 3.23. The number of nitrogens with one attached hydrogen (secondary N) is 1. The van der Waals surface area contributed by atoms with Gasteiger partial charge in [-0.2, -0.15) is 0 Å². The van der Waals surface area contributed by atoms with Crippen LogP contribution in [0.3, 0.4) is 0 Å². The van der Waals surface area contributed by atoms with E-state index in [0.29, 0.717) is 11.8 Å². The summed E-state index contributed by atoms with van der Waals surface area (Å²) >= 11 is 0. The minimum absolute atomic E-state index is 0.494. The smallest absolute Gasteiger partial charge is 0.0127 e. The molecular formula is C29H36N2. The monoisotopic (exact) mass is 412 g/mol. The first kappa shape index (κ1) is 21.8. The van der Waals surface area contributed by atoms with Gasteiger partial charge in [0.2, 0.25) is 0 Å². The van der Waals surface area contributed by atoms with Crippen LogP contribution in [0, 0.1) is 5.92 Å². The van der Waals surface area contributed by atoms with Crippen LogP contribution in [0.5, 0.6) is 0 Å². The molecule has 2 heteroatoms. The van der Waals surface area contributed by atoms with E-state index in [-0.39, 0.29) is 0 Å². The van der Waals surface area contributed by atoms with Crippen molar-refractivity contribution in [3.8, 4) is 0 Å². The highest BCUT2D eigenvalue weighted by molar-refractivity contribution is 5.39. The van der Waals surface area contributed by atoms with Crippen LogP contribution >= 0.6 is 0 Å². The van der Waals surface area contributed by atoms with Gasteiger partial charge in [-0.25, -0.2) is 0 Å². The molecule has 2 aliphatic rings. The van der Waals surface area contributed by atoms with E-state index in [2.05, 4.69) is 95.2 Å². The van der Waals surface area contributed by atoms with E-state index in [9.17, 15) is 0 Å². The highest BCUT2D eigenvalue weighted by Gasteiger charge is 2.31. The summed E-state index contributed by atoms with van der Waals surface area (Å²) in [6, 6.07) is 20.4. The Morgan fingerprint density at radius 1 is 0.968 bits per heavy atom. The van der Waals surface area contributed by atoms with Gasteiger partial charge in [0, 0.05) is 19.0 Å². The zero-order valence-corrected chi connectivity index (χ0v) is 18.8. The van der Waals surface area contributed by atoms with Crippen LogP contribution in [-0.4, -0.2) is 38.1 Å². The Balaban J connectivity index is 1.38. The highest BCUT2D eigenvalue weighted by atomic mass is 15.1. The van der Waals surface area contributed by atoms with Gasteiger partial charge in [-0.05, 0) is 74.0 Å². The van der Waals surface area contributed by atoms with Gasteiger partial charge in [-0.3, -0.25) is 0 Å². The summed E-state index contributed by atoms with van der Waals surface area (Å²) in [4.78, 5) is 2.68. The van der Waals surface area contributed by atoms with E-state index in [1.807, 2.05) is 7.05 Å². The number of hydrogen-bond donors (Lipinski definition) is 1. The Hall–Kier alpha value is -2.42. The van der Waals surface area contributed by atoms with Gasteiger partial charge in [0.15, 0.2) is 0 Å². The molecule has 1 aliphatic heterocycles. The van der Waals surface area contributed by atoms with Crippen LogP contribution in [0.2, 0.25) is 0 Å². The van der Waals surface area contributed by atoms with Crippen LogP contribution in [0.4, 0.5) is 0 Å². The molecule has 2 nitrogen and oxygen atoms in total. The van der Waals surface area contributed by atoms with Gasteiger partial charge in [0.05, 0.1) is 0 Å². The van der Waals surface area contributed by atoms with Crippen molar-refractivity contribution in [1.82, 2.24) is 10.2 Å². The fourth-order valence-electron chi connectivity index (χ4n) is 4.99. The predicted octanol–water partition coefficient (Wildman–Crippen LogP) is 5.54. The predicted molar refractivity (Wildman–Crippen MR) is 132 cm³/mol. The molecule has 0 saturated carbocycles. The Bertz CT molecular complexity index is 892. The molecule has 1 heterocycles. The topological polar surface area (TPSA) is 15.3 Å². The third kappa shape index (κ3) is 6.06. The summed E-state index contributed by atoms with van der Waals surface area (Å²) in [5.74, 6) is 1.18.